The number of carbonyl (C=O) groups is 2. The van der Waals surface area contributed by atoms with Crippen LogP contribution in [-0.4, -0.2) is 16.9 Å². The van der Waals surface area contributed by atoms with Gasteiger partial charge in [0.1, 0.15) is 11.7 Å². The lowest BCUT2D eigenvalue weighted by atomic mass is 9.94. The van der Waals surface area contributed by atoms with Gasteiger partial charge in [-0.25, -0.2) is 0 Å². The van der Waals surface area contributed by atoms with Gasteiger partial charge in [-0.1, -0.05) is 58.8 Å². The minimum absolute atomic E-state index is 0.0774. The third-order valence-corrected chi connectivity index (χ3v) is 3.31. The first-order valence-corrected chi connectivity index (χ1v) is 7.39. The van der Waals surface area contributed by atoms with E-state index in [4.69, 9.17) is 5.11 Å². The molecule has 3 heteroatoms. The van der Waals surface area contributed by atoms with Gasteiger partial charge in [0.25, 0.3) is 0 Å². The molecule has 18 heavy (non-hydrogen) atoms. The lowest BCUT2D eigenvalue weighted by molar-refractivity contribution is -0.146. The predicted molar refractivity (Wildman–Crippen MR) is 73.7 cm³/mol. The molecule has 3 nitrogen and oxygen atoms in total. The van der Waals surface area contributed by atoms with E-state index in [0.717, 1.165) is 32.1 Å². The van der Waals surface area contributed by atoms with Crippen molar-refractivity contribution in [2.45, 2.75) is 78.1 Å². The summed E-state index contributed by atoms with van der Waals surface area (Å²) in [6.07, 6.45) is 9.45. The minimum Gasteiger partial charge on any atom is -0.481 e. The van der Waals surface area contributed by atoms with E-state index in [9.17, 15) is 9.59 Å². The van der Waals surface area contributed by atoms with Gasteiger partial charge in [0.05, 0.1) is 0 Å². The molecule has 0 radical (unpaired) electrons. The number of rotatable bonds is 12. The highest BCUT2D eigenvalue weighted by Gasteiger charge is 2.24. The highest BCUT2D eigenvalue weighted by atomic mass is 16.4. The van der Waals surface area contributed by atoms with Crippen LogP contribution < -0.4 is 0 Å². The Morgan fingerprint density at radius 2 is 1.44 bits per heavy atom. The summed E-state index contributed by atoms with van der Waals surface area (Å²) >= 11 is 0. The predicted octanol–water partition coefficient (Wildman–Crippen LogP) is 4.20. The summed E-state index contributed by atoms with van der Waals surface area (Å²) in [6.45, 7) is 4.19. The van der Waals surface area contributed by atoms with Crippen LogP contribution >= 0.6 is 0 Å². The van der Waals surface area contributed by atoms with Gasteiger partial charge in [-0.05, 0) is 12.8 Å². The number of carboxylic acids is 1. The van der Waals surface area contributed by atoms with Crippen LogP contribution in [-0.2, 0) is 9.59 Å². The molecule has 0 aromatic carbocycles. The summed E-state index contributed by atoms with van der Waals surface area (Å²) in [5, 5.41) is 9.02. The van der Waals surface area contributed by atoms with E-state index in [1.165, 1.54) is 19.3 Å². The monoisotopic (exact) mass is 256 g/mol. The average Bonchev–Trinajstić information content (AvgIpc) is 2.33. The van der Waals surface area contributed by atoms with Crippen LogP contribution in [0.4, 0.5) is 0 Å². The molecule has 0 fully saturated rings. The van der Waals surface area contributed by atoms with Crippen molar-refractivity contribution in [2.75, 3.05) is 0 Å². The van der Waals surface area contributed by atoms with Crippen molar-refractivity contribution in [2.24, 2.45) is 5.92 Å². The Balaban J connectivity index is 3.78. The average molecular weight is 256 g/mol. The Morgan fingerprint density at radius 3 is 2.00 bits per heavy atom. The van der Waals surface area contributed by atoms with Crippen molar-refractivity contribution in [3.05, 3.63) is 0 Å². The van der Waals surface area contributed by atoms with Crippen molar-refractivity contribution in [1.82, 2.24) is 0 Å². The maximum absolute atomic E-state index is 11.8. The van der Waals surface area contributed by atoms with Crippen LogP contribution in [0, 0.1) is 5.92 Å². The maximum Gasteiger partial charge on any atom is 0.314 e. The molecule has 0 aliphatic rings. The molecule has 0 rings (SSSR count). The van der Waals surface area contributed by atoms with Gasteiger partial charge in [-0.2, -0.15) is 0 Å². The molecule has 106 valence electrons. The molecule has 0 aromatic heterocycles. The zero-order valence-corrected chi connectivity index (χ0v) is 11.9. The molecule has 0 spiro atoms. The van der Waals surface area contributed by atoms with E-state index in [1.807, 2.05) is 6.92 Å². The van der Waals surface area contributed by atoms with E-state index >= 15 is 0 Å². The molecule has 0 amide bonds. The van der Waals surface area contributed by atoms with E-state index in [2.05, 4.69) is 6.92 Å². The van der Waals surface area contributed by atoms with Gasteiger partial charge in [0.15, 0.2) is 0 Å². The molecule has 0 aliphatic carbocycles. The van der Waals surface area contributed by atoms with E-state index < -0.39 is 11.9 Å². The second-order valence-corrected chi connectivity index (χ2v) is 5.02. The number of hydrogen-bond donors (Lipinski definition) is 1. The molecular formula is C15H28O3. The van der Waals surface area contributed by atoms with Crippen molar-refractivity contribution in [3.63, 3.8) is 0 Å². The fourth-order valence-corrected chi connectivity index (χ4v) is 2.08. The molecule has 0 bridgehead atoms. The van der Waals surface area contributed by atoms with Gasteiger partial charge in [-0.3, -0.25) is 9.59 Å². The lowest BCUT2D eigenvalue weighted by Crippen LogP contribution is -2.23. The summed E-state index contributed by atoms with van der Waals surface area (Å²) in [5.41, 5.74) is 0. The number of aliphatic carboxylic acids is 1. The Labute approximate surface area is 111 Å². The van der Waals surface area contributed by atoms with Crippen molar-refractivity contribution in [3.8, 4) is 0 Å². The molecular weight excluding hydrogens is 228 g/mol. The van der Waals surface area contributed by atoms with Gasteiger partial charge in [-0.15, -0.1) is 0 Å². The van der Waals surface area contributed by atoms with Gasteiger partial charge in [0, 0.05) is 6.42 Å². The summed E-state index contributed by atoms with van der Waals surface area (Å²) in [4.78, 5) is 22.8. The largest absolute Gasteiger partial charge is 0.481 e. The highest BCUT2D eigenvalue weighted by Crippen LogP contribution is 2.15. The maximum atomic E-state index is 11.8. The van der Waals surface area contributed by atoms with Crippen molar-refractivity contribution >= 4 is 11.8 Å². The van der Waals surface area contributed by atoms with Gasteiger partial charge in [0.2, 0.25) is 0 Å². The van der Waals surface area contributed by atoms with Crippen LogP contribution in [0.5, 0.6) is 0 Å². The Kier molecular flexibility index (Phi) is 10.7. The summed E-state index contributed by atoms with van der Waals surface area (Å²) in [6, 6.07) is 0. The zero-order valence-electron chi connectivity index (χ0n) is 11.9. The first kappa shape index (κ1) is 17.1. The summed E-state index contributed by atoms with van der Waals surface area (Å²) in [5.74, 6) is -1.79. The van der Waals surface area contributed by atoms with Gasteiger partial charge >= 0.3 is 5.97 Å². The van der Waals surface area contributed by atoms with Crippen LogP contribution in [0.2, 0.25) is 0 Å². The van der Waals surface area contributed by atoms with Gasteiger partial charge < -0.3 is 5.11 Å². The normalized spacial score (nSPS) is 12.3. The molecule has 0 saturated carbocycles. The minimum atomic E-state index is -0.945. The van der Waals surface area contributed by atoms with Crippen LogP contribution in [0.1, 0.15) is 78.1 Å². The number of hydrogen-bond acceptors (Lipinski definition) is 2. The molecule has 0 heterocycles. The number of carboxylic acid groups (broad SMARTS) is 1. The molecule has 1 N–H and O–H groups in total. The fourth-order valence-electron chi connectivity index (χ4n) is 2.08. The highest BCUT2D eigenvalue weighted by molar-refractivity contribution is 5.98. The summed E-state index contributed by atoms with van der Waals surface area (Å²) in [7, 11) is 0. The second-order valence-electron chi connectivity index (χ2n) is 5.02. The first-order chi connectivity index (χ1) is 8.63. The number of Topliss-reactive ketones (excluding diaryl/α,β-unsaturated/α-hetero) is 1. The topological polar surface area (TPSA) is 54.4 Å². The van der Waals surface area contributed by atoms with Crippen molar-refractivity contribution in [1.29, 1.82) is 0 Å². The number of unbranched alkanes of at least 4 members (excludes halogenated alkanes) is 6. The quantitative estimate of drug-likeness (QED) is 0.420. The van der Waals surface area contributed by atoms with Crippen LogP contribution in [0.25, 0.3) is 0 Å². The Hall–Kier alpha value is -0.860. The van der Waals surface area contributed by atoms with Crippen LogP contribution in [0.3, 0.4) is 0 Å². The number of ketones is 1. The van der Waals surface area contributed by atoms with E-state index in [0.29, 0.717) is 12.8 Å². The molecule has 0 saturated heterocycles. The zero-order chi connectivity index (χ0) is 13.8. The Morgan fingerprint density at radius 1 is 0.889 bits per heavy atom. The SMILES string of the molecule is CCCCCCCCC(=O)C(CCCC)C(=O)O. The molecule has 1 atom stereocenters. The standard InChI is InChI=1S/C15H28O3/c1-3-5-7-8-9-10-12-14(16)13(15(17)18)11-6-4-2/h13H,3-12H2,1-2H3,(H,17,18). The smallest absolute Gasteiger partial charge is 0.314 e. The second kappa shape index (κ2) is 11.2. The van der Waals surface area contributed by atoms with Crippen molar-refractivity contribution < 1.29 is 14.7 Å². The third-order valence-electron chi connectivity index (χ3n) is 3.31. The van der Waals surface area contributed by atoms with E-state index in [-0.39, 0.29) is 5.78 Å². The Bertz CT molecular complexity index is 236. The molecule has 1 unspecified atom stereocenters. The number of carbonyl (C=O) groups excluding carboxylic acids is 1. The first-order valence-electron chi connectivity index (χ1n) is 7.39. The van der Waals surface area contributed by atoms with Crippen LogP contribution in [0.15, 0.2) is 0 Å². The third kappa shape index (κ3) is 8.26. The molecule has 0 aliphatic heterocycles. The lowest BCUT2D eigenvalue weighted by Gasteiger charge is -2.10. The fraction of sp³-hybridized carbons (Fsp3) is 0.867. The van der Waals surface area contributed by atoms with E-state index in [1.54, 1.807) is 0 Å². The molecule has 0 aromatic rings. The summed E-state index contributed by atoms with van der Waals surface area (Å²) < 4.78 is 0.